The predicted molar refractivity (Wildman–Crippen MR) is 87.7 cm³/mol. The number of carboxylic acids is 1. The molecule has 0 radical (unpaired) electrons. The third kappa shape index (κ3) is 2.11. The van der Waals surface area contributed by atoms with E-state index in [9.17, 15) is 25.4 Å². The van der Waals surface area contributed by atoms with Crippen molar-refractivity contribution in [3.63, 3.8) is 0 Å². The number of hydrogen-bond acceptors (Lipinski definition) is 6. The van der Waals surface area contributed by atoms with Gasteiger partial charge in [-0.25, -0.2) is 0 Å². The van der Waals surface area contributed by atoms with Gasteiger partial charge in [0.1, 0.15) is 11.8 Å². The number of benzene rings is 1. The molecular weight excluding hydrogens is 322 g/mol. The topological polar surface area (TPSA) is 108 Å². The monoisotopic (exact) mass is 343 g/mol. The number of rotatable bonds is 2. The fraction of sp³-hybridized carbons (Fsp3) is 0.556. The van der Waals surface area contributed by atoms with Crippen LogP contribution in [0.5, 0.6) is 5.75 Å². The Morgan fingerprint density at radius 2 is 2.16 bits per heavy atom. The zero-order valence-electron chi connectivity index (χ0n) is 13.9. The zero-order chi connectivity index (χ0) is 17.9. The molecule has 0 amide bonds. The number of carbonyl (C=O) groups is 1. The first kappa shape index (κ1) is 16.3. The number of aromatic hydroxyl groups is 1. The van der Waals surface area contributed by atoms with E-state index in [0.29, 0.717) is 18.4 Å². The Labute approximate surface area is 145 Å². The van der Waals surface area contributed by atoms with Gasteiger partial charge in [-0.3, -0.25) is 14.6 Å². The van der Waals surface area contributed by atoms with Crippen molar-refractivity contribution < 1.29 is 20.1 Å². The molecule has 2 fully saturated rings. The van der Waals surface area contributed by atoms with Gasteiger partial charge < -0.3 is 15.3 Å². The fourth-order valence-electron chi connectivity index (χ4n) is 5.32. The molecule has 3 N–H and O–H groups in total. The molecule has 2 bridgehead atoms. The number of hydrogen-bond donors (Lipinski definition) is 3. The number of piperazine rings is 1. The molecule has 1 aromatic rings. The van der Waals surface area contributed by atoms with Crippen LogP contribution < -0.4 is 0 Å². The van der Waals surface area contributed by atoms with E-state index in [-0.39, 0.29) is 30.5 Å². The van der Waals surface area contributed by atoms with Crippen LogP contribution in [0.25, 0.3) is 0 Å². The summed E-state index contributed by atoms with van der Waals surface area (Å²) in [6.45, 7) is -0.222. The Morgan fingerprint density at radius 1 is 1.40 bits per heavy atom. The third-order valence-electron chi connectivity index (χ3n) is 6.28. The lowest BCUT2D eigenvalue weighted by Gasteiger charge is -2.54. The molecule has 0 saturated carbocycles. The van der Waals surface area contributed by atoms with Crippen molar-refractivity contribution in [1.82, 2.24) is 9.80 Å². The largest absolute Gasteiger partial charge is 0.508 e. The molecule has 1 unspecified atom stereocenters. The van der Waals surface area contributed by atoms with Gasteiger partial charge in [-0.2, -0.15) is 5.26 Å². The smallest absolute Gasteiger partial charge is 0.308 e. The van der Waals surface area contributed by atoms with Crippen molar-refractivity contribution in [3.05, 3.63) is 29.3 Å². The van der Waals surface area contributed by atoms with Crippen LogP contribution in [-0.2, 0) is 11.2 Å². The third-order valence-corrected chi connectivity index (χ3v) is 6.28. The summed E-state index contributed by atoms with van der Waals surface area (Å²) >= 11 is 0. The number of aliphatic hydroxyl groups is 1. The van der Waals surface area contributed by atoms with E-state index < -0.39 is 24.0 Å². The van der Waals surface area contributed by atoms with Gasteiger partial charge in [-0.1, -0.05) is 12.1 Å². The van der Waals surface area contributed by atoms with E-state index in [1.54, 1.807) is 12.1 Å². The second-order valence-electron chi connectivity index (χ2n) is 7.24. The lowest BCUT2D eigenvalue weighted by molar-refractivity contribution is -0.144. The second-order valence-corrected chi connectivity index (χ2v) is 7.24. The van der Waals surface area contributed by atoms with Gasteiger partial charge in [-0.15, -0.1) is 0 Å². The summed E-state index contributed by atoms with van der Waals surface area (Å²) in [6, 6.07) is 6.01. The zero-order valence-corrected chi connectivity index (χ0v) is 13.9. The Bertz CT molecular complexity index is 761. The van der Waals surface area contributed by atoms with E-state index in [1.165, 1.54) is 0 Å². The minimum atomic E-state index is -0.833. The number of aliphatic hydroxyl groups excluding tert-OH is 1. The number of nitrogens with zero attached hydrogens (tertiary/aromatic N) is 3. The van der Waals surface area contributed by atoms with E-state index in [2.05, 4.69) is 6.07 Å². The predicted octanol–water partition coefficient (Wildman–Crippen LogP) is 0.332. The van der Waals surface area contributed by atoms with Crippen LogP contribution in [0.3, 0.4) is 0 Å². The van der Waals surface area contributed by atoms with Gasteiger partial charge >= 0.3 is 5.97 Å². The molecule has 0 aliphatic carbocycles. The van der Waals surface area contributed by atoms with Crippen LogP contribution >= 0.6 is 0 Å². The summed E-state index contributed by atoms with van der Waals surface area (Å²) in [5.41, 5.74) is 1.58. The highest BCUT2D eigenvalue weighted by molar-refractivity contribution is 5.72. The molecule has 0 spiro atoms. The number of phenols is 1. The molecule has 7 heteroatoms. The van der Waals surface area contributed by atoms with Crippen molar-refractivity contribution in [2.45, 2.75) is 43.1 Å². The van der Waals surface area contributed by atoms with Crippen molar-refractivity contribution in [1.29, 1.82) is 5.26 Å². The molecule has 25 heavy (non-hydrogen) atoms. The summed E-state index contributed by atoms with van der Waals surface area (Å²) in [4.78, 5) is 15.8. The molecule has 2 saturated heterocycles. The first-order valence-electron chi connectivity index (χ1n) is 8.53. The molecule has 132 valence electrons. The van der Waals surface area contributed by atoms with Crippen LogP contribution in [0.1, 0.15) is 23.6 Å². The normalized spacial score (nSPS) is 37.2. The maximum absolute atomic E-state index is 11.8. The Balaban J connectivity index is 1.87. The maximum Gasteiger partial charge on any atom is 0.308 e. The number of carboxylic acid groups (broad SMARTS) is 1. The number of likely N-dealkylation sites (N-methyl/N-ethyl adjacent to an activating group) is 1. The highest BCUT2D eigenvalue weighted by atomic mass is 16.4. The summed E-state index contributed by atoms with van der Waals surface area (Å²) < 4.78 is 0. The summed E-state index contributed by atoms with van der Waals surface area (Å²) in [5.74, 6) is -1.24. The maximum atomic E-state index is 11.8. The molecule has 4 rings (SSSR count). The molecule has 3 aliphatic heterocycles. The van der Waals surface area contributed by atoms with E-state index in [0.717, 1.165) is 5.56 Å². The first-order chi connectivity index (χ1) is 12.0. The summed E-state index contributed by atoms with van der Waals surface area (Å²) in [5, 5.41) is 39.9. The number of aliphatic carboxylic acids is 1. The van der Waals surface area contributed by atoms with Crippen LogP contribution in [-0.4, -0.2) is 68.9 Å². The minimum absolute atomic E-state index is 0.118. The first-order valence-corrected chi connectivity index (χ1v) is 8.53. The van der Waals surface area contributed by atoms with Gasteiger partial charge in [0.25, 0.3) is 0 Å². The average Bonchev–Trinajstić information content (AvgIpc) is 2.84. The second kappa shape index (κ2) is 5.70. The number of phenolic OH excluding ortho intramolecular Hbond substituents is 1. The lowest BCUT2D eigenvalue weighted by atomic mass is 9.80. The molecular formula is C18H21N3O4. The van der Waals surface area contributed by atoms with Gasteiger partial charge in [0.05, 0.1) is 24.6 Å². The Hall–Kier alpha value is -2.14. The van der Waals surface area contributed by atoms with Gasteiger partial charge in [-0.05, 0) is 31.5 Å². The molecule has 7 nitrogen and oxygen atoms in total. The molecule has 1 aromatic carbocycles. The number of fused-ring (bicyclic) bond motifs is 5. The highest BCUT2D eigenvalue weighted by Gasteiger charge is 2.59. The summed E-state index contributed by atoms with van der Waals surface area (Å²) in [7, 11) is 1.89. The highest BCUT2D eigenvalue weighted by Crippen LogP contribution is 2.49. The van der Waals surface area contributed by atoms with E-state index in [4.69, 9.17) is 0 Å². The Kier molecular flexibility index (Phi) is 3.72. The summed E-state index contributed by atoms with van der Waals surface area (Å²) in [6.07, 6.45) is 0.992. The van der Waals surface area contributed by atoms with Gasteiger partial charge in [0, 0.05) is 23.7 Å². The van der Waals surface area contributed by atoms with E-state index in [1.807, 2.05) is 22.9 Å². The minimum Gasteiger partial charge on any atom is -0.508 e. The van der Waals surface area contributed by atoms with Crippen LogP contribution in [0, 0.1) is 17.2 Å². The van der Waals surface area contributed by atoms with Crippen molar-refractivity contribution in [3.8, 4) is 11.8 Å². The van der Waals surface area contributed by atoms with Crippen LogP contribution in [0.2, 0.25) is 0 Å². The number of nitriles is 1. The standard InChI is InChI=1S/C18H21N3O4/c1-20-11-6-10(18(24)25)17(20)12-5-9-3-2-4-15(23)16(9)14(8-22)21(12)13(11)7-19/h2-4,10-14,17,22-23H,5-6,8H2,1H3,(H,24,25)/t10-,11+,12+,13?,14+,17-/m1/s1. The average molecular weight is 343 g/mol. The van der Waals surface area contributed by atoms with Gasteiger partial charge in [0.15, 0.2) is 0 Å². The van der Waals surface area contributed by atoms with Crippen molar-refractivity contribution in [2.75, 3.05) is 13.7 Å². The van der Waals surface area contributed by atoms with Crippen LogP contribution in [0.4, 0.5) is 0 Å². The Morgan fingerprint density at radius 3 is 2.80 bits per heavy atom. The van der Waals surface area contributed by atoms with Crippen molar-refractivity contribution >= 4 is 5.97 Å². The fourth-order valence-corrected chi connectivity index (χ4v) is 5.32. The molecule has 0 aromatic heterocycles. The SMILES string of the molecule is CN1[C@@H]2[C@H](C(=O)O)C[C@H]1C(C#N)N1[C@@H](CO)c3c(O)cccc3C[C@@H]21. The lowest BCUT2D eigenvalue weighted by Crippen LogP contribution is -2.67. The molecule has 3 aliphatic rings. The quantitative estimate of drug-likeness (QED) is 0.710. The van der Waals surface area contributed by atoms with Crippen molar-refractivity contribution in [2.24, 2.45) is 5.92 Å². The van der Waals surface area contributed by atoms with Crippen LogP contribution in [0.15, 0.2) is 18.2 Å². The molecule has 6 atom stereocenters. The van der Waals surface area contributed by atoms with Gasteiger partial charge in [0.2, 0.25) is 0 Å². The van der Waals surface area contributed by atoms with E-state index >= 15 is 0 Å². The molecule has 3 heterocycles.